The number of pyridine rings is 1. The van der Waals surface area contributed by atoms with Gasteiger partial charge in [0.15, 0.2) is 0 Å². The molecule has 0 bridgehead atoms. The molecular weight excluding hydrogens is 413 g/mol. The maximum Gasteiger partial charge on any atom is 0.244 e. The Kier molecular flexibility index (Phi) is 5.76. The number of hydrogen-bond acceptors (Lipinski definition) is 4. The Balaban J connectivity index is 2.18. The number of anilines is 2. The van der Waals surface area contributed by atoms with Crippen molar-refractivity contribution in [2.75, 3.05) is 18.4 Å². The molecule has 0 aliphatic carbocycles. The van der Waals surface area contributed by atoms with Gasteiger partial charge in [-0.2, -0.15) is 4.31 Å². The lowest BCUT2D eigenvalue weighted by Crippen LogP contribution is -2.30. The van der Waals surface area contributed by atoms with E-state index in [0.717, 1.165) is 9.26 Å². The van der Waals surface area contributed by atoms with Crippen LogP contribution in [0.4, 0.5) is 11.5 Å². The van der Waals surface area contributed by atoms with E-state index >= 15 is 0 Å². The van der Waals surface area contributed by atoms with Gasteiger partial charge in [0.1, 0.15) is 10.7 Å². The molecule has 0 saturated carbocycles. The molecule has 0 spiro atoms. The minimum absolute atomic E-state index is 0.212. The molecule has 0 unspecified atom stereocenters. The van der Waals surface area contributed by atoms with Crippen molar-refractivity contribution in [3.8, 4) is 0 Å². The van der Waals surface area contributed by atoms with Crippen molar-refractivity contribution in [2.45, 2.75) is 18.7 Å². The van der Waals surface area contributed by atoms with Gasteiger partial charge in [0, 0.05) is 28.5 Å². The Morgan fingerprint density at radius 2 is 1.73 bits per heavy atom. The number of hydrogen-bond donors (Lipinski definition) is 1. The van der Waals surface area contributed by atoms with E-state index in [-0.39, 0.29) is 4.90 Å². The van der Waals surface area contributed by atoms with E-state index in [4.69, 9.17) is 0 Å². The van der Waals surface area contributed by atoms with Crippen LogP contribution in [0, 0.1) is 3.57 Å². The lowest BCUT2D eigenvalue weighted by molar-refractivity contribution is 0.445. The molecule has 1 N–H and O–H groups in total. The van der Waals surface area contributed by atoms with Crippen LogP contribution in [0.5, 0.6) is 0 Å². The second kappa shape index (κ2) is 7.38. The Labute approximate surface area is 145 Å². The number of aromatic nitrogens is 1. The fraction of sp³-hybridized carbons (Fsp3) is 0.267. The molecule has 0 radical (unpaired) electrons. The highest BCUT2D eigenvalue weighted by atomic mass is 127. The number of benzene rings is 1. The summed E-state index contributed by atoms with van der Waals surface area (Å²) >= 11 is 2.24. The molecule has 22 heavy (non-hydrogen) atoms. The van der Waals surface area contributed by atoms with Crippen molar-refractivity contribution >= 4 is 44.1 Å². The van der Waals surface area contributed by atoms with E-state index in [1.165, 1.54) is 10.5 Å². The Morgan fingerprint density at radius 1 is 1.09 bits per heavy atom. The molecule has 0 aliphatic rings. The molecule has 0 atom stereocenters. The molecule has 0 aliphatic heterocycles. The maximum absolute atomic E-state index is 12.4. The van der Waals surface area contributed by atoms with Crippen LogP contribution >= 0.6 is 22.6 Å². The van der Waals surface area contributed by atoms with Gasteiger partial charge < -0.3 is 5.32 Å². The van der Waals surface area contributed by atoms with Crippen LogP contribution in [0.3, 0.4) is 0 Å². The third-order valence-electron chi connectivity index (χ3n) is 3.20. The quantitative estimate of drug-likeness (QED) is 0.712. The molecule has 0 saturated heterocycles. The second-order valence-corrected chi connectivity index (χ2v) is 7.78. The van der Waals surface area contributed by atoms with Gasteiger partial charge in [0.05, 0.1) is 0 Å². The summed E-state index contributed by atoms with van der Waals surface area (Å²) in [4.78, 5) is 4.41. The summed E-state index contributed by atoms with van der Waals surface area (Å²) in [7, 11) is -3.45. The van der Waals surface area contributed by atoms with E-state index in [2.05, 4.69) is 32.9 Å². The molecule has 7 heteroatoms. The van der Waals surface area contributed by atoms with Gasteiger partial charge in [-0.25, -0.2) is 13.4 Å². The summed E-state index contributed by atoms with van der Waals surface area (Å²) in [6.07, 6.45) is 1.39. The number of sulfonamides is 1. The first-order valence-electron chi connectivity index (χ1n) is 6.96. The van der Waals surface area contributed by atoms with E-state index in [1.807, 2.05) is 38.1 Å². The molecule has 2 aromatic rings. The van der Waals surface area contributed by atoms with E-state index in [9.17, 15) is 8.42 Å². The van der Waals surface area contributed by atoms with Crippen LogP contribution in [-0.2, 0) is 10.0 Å². The minimum Gasteiger partial charge on any atom is -0.340 e. The van der Waals surface area contributed by atoms with Crippen molar-refractivity contribution in [1.29, 1.82) is 0 Å². The summed E-state index contributed by atoms with van der Waals surface area (Å²) in [5.74, 6) is 0.611. The molecule has 1 aromatic heterocycles. The zero-order valence-electron chi connectivity index (χ0n) is 12.5. The van der Waals surface area contributed by atoms with E-state index in [0.29, 0.717) is 18.9 Å². The Morgan fingerprint density at radius 3 is 2.23 bits per heavy atom. The normalized spacial score (nSPS) is 11.6. The van der Waals surface area contributed by atoms with Crippen LogP contribution in [0.2, 0.25) is 0 Å². The van der Waals surface area contributed by atoms with Gasteiger partial charge in [0.2, 0.25) is 10.0 Å². The molecule has 2 rings (SSSR count). The summed E-state index contributed by atoms with van der Waals surface area (Å²) in [6.45, 7) is 4.53. The van der Waals surface area contributed by atoms with Crippen molar-refractivity contribution < 1.29 is 8.42 Å². The molecule has 118 valence electrons. The average molecular weight is 431 g/mol. The lowest BCUT2D eigenvalue weighted by Gasteiger charge is -2.18. The van der Waals surface area contributed by atoms with Crippen LogP contribution in [-0.4, -0.2) is 30.8 Å². The topological polar surface area (TPSA) is 62.3 Å². The zero-order valence-corrected chi connectivity index (χ0v) is 15.4. The Bertz CT molecular complexity index is 711. The number of rotatable bonds is 6. The molecule has 1 heterocycles. The van der Waals surface area contributed by atoms with Crippen LogP contribution < -0.4 is 5.32 Å². The number of nitrogens with one attached hydrogen (secondary N) is 1. The second-order valence-electron chi connectivity index (χ2n) is 4.60. The van der Waals surface area contributed by atoms with E-state index < -0.39 is 10.0 Å². The van der Waals surface area contributed by atoms with Crippen LogP contribution in [0.15, 0.2) is 47.5 Å². The van der Waals surface area contributed by atoms with Crippen molar-refractivity contribution in [1.82, 2.24) is 9.29 Å². The number of nitrogens with zero attached hydrogens (tertiary/aromatic N) is 2. The summed E-state index contributed by atoms with van der Waals surface area (Å²) in [6, 6.07) is 11.1. The van der Waals surface area contributed by atoms with Gasteiger partial charge in [0.25, 0.3) is 0 Å². The number of halogens is 1. The van der Waals surface area contributed by atoms with E-state index in [1.54, 1.807) is 12.1 Å². The highest BCUT2D eigenvalue weighted by Crippen LogP contribution is 2.19. The van der Waals surface area contributed by atoms with Crippen LogP contribution in [0.1, 0.15) is 13.8 Å². The lowest BCUT2D eigenvalue weighted by atomic mass is 10.3. The SMILES string of the molecule is CCN(CC)S(=O)(=O)c1ccc(Nc2ccc(I)cc2)nc1. The Hall–Kier alpha value is -1.19. The van der Waals surface area contributed by atoms with Gasteiger partial charge in [-0.15, -0.1) is 0 Å². The van der Waals surface area contributed by atoms with Gasteiger partial charge in [-0.05, 0) is 59.0 Å². The average Bonchev–Trinajstić information content (AvgIpc) is 2.51. The third-order valence-corrected chi connectivity index (χ3v) is 5.95. The molecule has 0 fully saturated rings. The van der Waals surface area contributed by atoms with Gasteiger partial charge in [-0.3, -0.25) is 0 Å². The zero-order chi connectivity index (χ0) is 16.2. The molecule has 1 aromatic carbocycles. The third kappa shape index (κ3) is 3.96. The minimum atomic E-state index is -3.45. The maximum atomic E-state index is 12.4. The summed E-state index contributed by atoms with van der Waals surface area (Å²) in [5.41, 5.74) is 0.910. The predicted molar refractivity (Wildman–Crippen MR) is 96.8 cm³/mol. The van der Waals surface area contributed by atoms with Crippen molar-refractivity contribution in [3.05, 3.63) is 46.2 Å². The molecule has 0 amide bonds. The fourth-order valence-electron chi connectivity index (χ4n) is 2.00. The highest BCUT2D eigenvalue weighted by molar-refractivity contribution is 14.1. The standard InChI is InChI=1S/C15H18IN3O2S/c1-3-19(4-2)22(20,21)14-9-10-15(17-11-14)18-13-7-5-12(16)6-8-13/h5-11H,3-4H2,1-2H3,(H,17,18). The van der Waals surface area contributed by atoms with Gasteiger partial charge >= 0.3 is 0 Å². The highest BCUT2D eigenvalue weighted by Gasteiger charge is 2.21. The predicted octanol–water partition coefficient (Wildman–Crippen LogP) is 3.46. The summed E-state index contributed by atoms with van der Waals surface area (Å²) in [5, 5.41) is 3.14. The van der Waals surface area contributed by atoms with Crippen LogP contribution in [0.25, 0.3) is 0 Å². The molecular formula is C15H18IN3O2S. The largest absolute Gasteiger partial charge is 0.340 e. The monoisotopic (exact) mass is 431 g/mol. The first-order valence-corrected chi connectivity index (χ1v) is 9.48. The first-order chi connectivity index (χ1) is 10.5. The van der Waals surface area contributed by atoms with Gasteiger partial charge in [-0.1, -0.05) is 13.8 Å². The summed E-state index contributed by atoms with van der Waals surface area (Å²) < 4.78 is 27.3. The first kappa shape index (κ1) is 17.2. The fourth-order valence-corrected chi connectivity index (χ4v) is 3.76. The van der Waals surface area contributed by atoms with Crippen molar-refractivity contribution in [2.24, 2.45) is 0 Å². The smallest absolute Gasteiger partial charge is 0.244 e. The van der Waals surface area contributed by atoms with Crippen molar-refractivity contribution in [3.63, 3.8) is 0 Å². The molecule has 5 nitrogen and oxygen atoms in total.